The van der Waals surface area contributed by atoms with Crippen LogP contribution in [0, 0.1) is 0 Å². The molecule has 1 aromatic carbocycles. The molecule has 0 atom stereocenters. The number of aromatic nitrogens is 2. The van der Waals surface area contributed by atoms with Crippen LogP contribution >= 0.6 is 0 Å². The van der Waals surface area contributed by atoms with Gasteiger partial charge in [-0.15, -0.1) is 0 Å². The summed E-state index contributed by atoms with van der Waals surface area (Å²) >= 11 is 0. The third kappa shape index (κ3) is 2.94. The van der Waals surface area contributed by atoms with E-state index >= 15 is 0 Å². The fourth-order valence-electron chi connectivity index (χ4n) is 2.30. The minimum atomic E-state index is 0.510. The number of hydrogen-bond acceptors (Lipinski definition) is 3. The quantitative estimate of drug-likeness (QED) is 0.702. The van der Waals surface area contributed by atoms with Crippen molar-refractivity contribution in [2.75, 3.05) is 11.5 Å². The van der Waals surface area contributed by atoms with Crippen LogP contribution < -0.4 is 11.5 Å². The Labute approximate surface area is 108 Å². The Morgan fingerprint density at radius 3 is 2.11 bits per heavy atom. The van der Waals surface area contributed by atoms with Gasteiger partial charge in [0, 0.05) is 12.7 Å². The van der Waals surface area contributed by atoms with Gasteiger partial charge >= 0.3 is 0 Å². The van der Waals surface area contributed by atoms with E-state index in [1.807, 2.05) is 29.8 Å². The van der Waals surface area contributed by atoms with E-state index in [1.54, 1.807) is 0 Å². The van der Waals surface area contributed by atoms with Gasteiger partial charge in [0.25, 0.3) is 0 Å². The first-order valence-corrected chi connectivity index (χ1v) is 6.66. The first-order chi connectivity index (χ1) is 8.68. The maximum absolute atomic E-state index is 5.61. The predicted molar refractivity (Wildman–Crippen MR) is 77.2 cm³/mol. The highest BCUT2D eigenvalue weighted by molar-refractivity contribution is 5.81. The van der Waals surface area contributed by atoms with E-state index in [9.17, 15) is 0 Å². The molecule has 2 aromatic rings. The van der Waals surface area contributed by atoms with E-state index in [0.29, 0.717) is 11.6 Å². The molecule has 0 spiro atoms. The third-order valence-corrected chi connectivity index (χ3v) is 3.44. The predicted octanol–water partition coefficient (Wildman–Crippen LogP) is 3.08. The summed E-state index contributed by atoms with van der Waals surface area (Å²) in [6, 6.07) is 5.56. The molecule has 3 rings (SSSR count). The van der Waals surface area contributed by atoms with Gasteiger partial charge in [-0.05, 0) is 18.2 Å². The number of nitrogens with two attached hydrogens (primary N) is 2. The van der Waals surface area contributed by atoms with Crippen molar-refractivity contribution in [1.29, 1.82) is 0 Å². The molecule has 1 heterocycles. The van der Waals surface area contributed by atoms with Crippen LogP contribution in [-0.2, 0) is 7.05 Å². The highest BCUT2D eigenvalue weighted by Gasteiger charge is 2.03. The molecule has 0 unspecified atom stereocenters. The van der Waals surface area contributed by atoms with E-state index in [0.717, 1.165) is 11.0 Å². The maximum atomic E-state index is 5.61. The first-order valence-electron chi connectivity index (χ1n) is 6.66. The normalized spacial score (nSPS) is 15.2. The molecule has 0 aliphatic heterocycles. The topological polar surface area (TPSA) is 69.9 Å². The van der Waals surface area contributed by atoms with Gasteiger partial charge in [0.1, 0.15) is 0 Å². The summed E-state index contributed by atoms with van der Waals surface area (Å²) in [5.41, 5.74) is 13.8. The van der Waals surface area contributed by atoms with Crippen molar-refractivity contribution >= 4 is 22.7 Å². The average Bonchev–Trinajstić information content (AvgIpc) is 2.67. The minimum Gasteiger partial charge on any atom is -0.399 e. The number of imidazole rings is 1. The fraction of sp³-hybridized carbons (Fsp3) is 0.500. The lowest BCUT2D eigenvalue weighted by molar-refractivity contribution is 0.504. The van der Waals surface area contributed by atoms with Crippen molar-refractivity contribution in [3.8, 4) is 0 Å². The first kappa shape index (κ1) is 12.7. The van der Waals surface area contributed by atoms with Gasteiger partial charge in [-0.25, -0.2) is 4.98 Å². The highest BCUT2D eigenvalue weighted by atomic mass is 15.1. The Morgan fingerprint density at radius 1 is 1.00 bits per heavy atom. The molecule has 98 valence electrons. The number of hydrogen-bond donors (Lipinski definition) is 2. The number of aryl methyl sites for hydroxylation is 1. The lowest BCUT2D eigenvalue weighted by Crippen LogP contribution is -1.95. The molecule has 4 nitrogen and oxygen atoms in total. The minimum absolute atomic E-state index is 0.510. The van der Waals surface area contributed by atoms with Gasteiger partial charge in [0.2, 0.25) is 5.95 Å². The van der Waals surface area contributed by atoms with E-state index < -0.39 is 0 Å². The van der Waals surface area contributed by atoms with E-state index in [4.69, 9.17) is 11.5 Å². The molecule has 0 bridgehead atoms. The fourth-order valence-corrected chi connectivity index (χ4v) is 2.30. The van der Waals surface area contributed by atoms with Gasteiger partial charge in [0.05, 0.1) is 11.0 Å². The number of fused-ring (bicyclic) bond motifs is 1. The van der Waals surface area contributed by atoms with Crippen molar-refractivity contribution in [2.45, 2.75) is 38.5 Å². The molecule has 0 radical (unpaired) electrons. The largest absolute Gasteiger partial charge is 0.399 e. The molecule has 1 aliphatic rings. The van der Waals surface area contributed by atoms with Crippen molar-refractivity contribution in [3.05, 3.63) is 18.2 Å². The van der Waals surface area contributed by atoms with Crippen LogP contribution in [0.25, 0.3) is 11.0 Å². The van der Waals surface area contributed by atoms with Crippen LogP contribution in [0.1, 0.15) is 38.5 Å². The Balaban J connectivity index is 0.000000169. The van der Waals surface area contributed by atoms with Crippen LogP contribution in [0.4, 0.5) is 11.6 Å². The molecule has 1 aliphatic carbocycles. The number of benzene rings is 1. The van der Waals surface area contributed by atoms with Gasteiger partial charge in [0.15, 0.2) is 0 Å². The molecule has 4 heteroatoms. The van der Waals surface area contributed by atoms with Crippen LogP contribution in [0.5, 0.6) is 0 Å². The Hall–Kier alpha value is -1.71. The summed E-state index contributed by atoms with van der Waals surface area (Å²) in [5.74, 6) is 0.510. The van der Waals surface area contributed by atoms with Gasteiger partial charge in [-0.2, -0.15) is 0 Å². The Kier molecular flexibility index (Phi) is 4.07. The van der Waals surface area contributed by atoms with E-state index in [1.165, 1.54) is 38.5 Å². The second-order valence-corrected chi connectivity index (χ2v) is 4.90. The molecule has 1 fully saturated rings. The van der Waals surface area contributed by atoms with Gasteiger partial charge < -0.3 is 16.0 Å². The molecule has 0 amide bonds. The van der Waals surface area contributed by atoms with Gasteiger partial charge in [-0.3, -0.25) is 0 Å². The lowest BCUT2D eigenvalue weighted by atomic mass is 10.0. The second kappa shape index (κ2) is 5.76. The zero-order valence-electron chi connectivity index (χ0n) is 11.0. The smallest absolute Gasteiger partial charge is 0.200 e. The number of nitrogen functional groups attached to an aromatic ring is 2. The van der Waals surface area contributed by atoms with Gasteiger partial charge in [-0.1, -0.05) is 38.5 Å². The summed E-state index contributed by atoms with van der Waals surface area (Å²) in [6.45, 7) is 0. The van der Waals surface area contributed by atoms with Crippen molar-refractivity contribution < 1.29 is 0 Å². The molecule has 18 heavy (non-hydrogen) atoms. The highest BCUT2D eigenvalue weighted by Crippen LogP contribution is 2.18. The number of nitrogens with zero attached hydrogens (tertiary/aromatic N) is 2. The standard InChI is InChI=1S/C8H10N4.C6H12/c1-12-7-3-2-5(9)4-6(7)11-8(12)10;1-2-4-6-5-3-1/h2-4H,9H2,1H3,(H2,10,11);1-6H2. The SMILES string of the molecule is C1CCCCC1.Cn1c(N)nc2cc(N)ccc21. The average molecular weight is 246 g/mol. The number of rotatable bonds is 0. The van der Waals surface area contributed by atoms with E-state index in [-0.39, 0.29) is 0 Å². The van der Waals surface area contributed by atoms with Crippen molar-refractivity contribution in [2.24, 2.45) is 7.05 Å². The molecular formula is C14H22N4. The van der Waals surface area contributed by atoms with Crippen LogP contribution in [0.2, 0.25) is 0 Å². The summed E-state index contributed by atoms with van der Waals surface area (Å²) in [4.78, 5) is 4.13. The molecular weight excluding hydrogens is 224 g/mol. The summed E-state index contributed by atoms with van der Waals surface area (Å²) in [6.07, 6.45) is 9.00. The number of anilines is 2. The third-order valence-electron chi connectivity index (χ3n) is 3.44. The molecule has 1 saturated carbocycles. The summed E-state index contributed by atoms with van der Waals surface area (Å²) in [7, 11) is 1.88. The van der Waals surface area contributed by atoms with E-state index in [2.05, 4.69) is 4.98 Å². The summed E-state index contributed by atoms with van der Waals surface area (Å²) in [5, 5.41) is 0. The Morgan fingerprint density at radius 2 is 1.56 bits per heavy atom. The zero-order valence-corrected chi connectivity index (χ0v) is 11.0. The van der Waals surface area contributed by atoms with Crippen molar-refractivity contribution in [1.82, 2.24) is 9.55 Å². The second-order valence-electron chi connectivity index (χ2n) is 4.90. The van der Waals surface area contributed by atoms with Crippen molar-refractivity contribution in [3.63, 3.8) is 0 Å². The summed E-state index contributed by atoms with van der Waals surface area (Å²) < 4.78 is 1.83. The molecule has 4 N–H and O–H groups in total. The molecule has 1 aromatic heterocycles. The monoisotopic (exact) mass is 246 g/mol. The van der Waals surface area contributed by atoms with Crippen LogP contribution in [0.15, 0.2) is 18.2 Å². The lowest BCUT2D eigenvalue weighted by Gasteiger charge is -2.05. The molecule has 0 saturated heterocycles. The van der Waals surface area contributed by atoms with Crippen LogP contribution in [-0.4, -0.2) is 9.55 Å². The van der Waals surface area contributed by atoms with Crippen LogP contribution in [0.3, 0.4) is 0 Å². The Bertz CT molecular complexity index is 500. The maximum Gasteiger partial charge on any atom is 0.200 e. The zero-order chi connectivity index (χ0) is 13.0.